The molecule has 0 saturated carbocycles. The molecular weight excluding hydrogens is 456 g/mol. The van der Waals surface area contributed by atoms with Crippen LogP contribution < -0.4 is 4.74 Å². The third-order valence-electron chi connectivity index (χ3n) is 6.45. The van der Waals surface area contributed by atoms with E-state index in [1.165, 1.54) is 0 Å². The van der Waals surface area contributed by atoms with E-state index >= 15 is 0 Å². The second kappa shape index (κ2) is 11.0. The van der Waals surface area contributed by atoms with E-state index in [4.69, 9.17) is 4.74 Å². The van der Waals surface area contributed by atoms with Gasteiger partial charge in [-0.3, -0.25) is 14.0 Å². The first kappa shape index (κ1) is 25.4. The Kier molecular flexibility index (Phi) is 7.74. The SMILES string of the molecule is CCCCCOc1cccc(C2C(=C(O)c3c(C)nc4ccccn34)C(=O)C(=O)N2CCN(C)C)c1. The summed E-state index contributed by atoms with van der Waals surface area (Å²) in [6.07, 6.45) is 4.93. The van der Waals surface area contributed by atoms with E-state index in [2.05, 4.69) is 11.9 Å². The molecule has 3 heterocycles. The molecule has 1 atom stereocenters. The maximum atomic E-state index is 13.4. The van der Waals surface area contributed by atoms with Gasteiger partial charge in [0.05, 0.1) is 23.9 Å². The van der Waals surface area contributed by atoms with Crippen LogP contribution in [0.5, 0.6) is 5.75 Å². The Hall–Kier alpha value is -3.65. The fourth-order valence-corrected chi connectivity index (χ4v) is 4.61. The van der Waals surface area contributed by atoms with E-state index in [0.717, 1.165) is 19.3 Å². The van der Waals surface area contributed by atoms with Gasteiger partial charge in [0.1, 0.15) is 17.1 Å². The molecule has 36 heavy (non-hydrogen) atoms. The summed E-state index contributed by atoms with van der Waals surface area (Å²) in [5.74, 6) is -0.871. The summed E-state index contributed by atoms with van der Waals surface area (Å²) in [6, 6.07) is 12.2. The molecule has 0 spiro atoms. The first-order valence-corrected chi connectivity index (χ1v) is 12.4. The van der Waals surface area contributed by atoms with Crippen molar-refractivity contribution in [3.8, 4) is 5.75 Å². The average Bonchev–Trinajstić information content (AvgIpc) is 3.33. The number of unbranched alkanes of at least 4 members (excludes halogenated alkanes) is 2. The molecule has 1 unspecified atom stereocenters. The molecule has 1 fully saturated rings. The lowest BCUT2D eigenvalue weighted by Crippen LogP contribution is -2.35. The number of imidazole rings is 1. The number of carbonyl (C=O) groups excluding carboxylic acids is 2. The Morgan fingerprint density at radius 2 is 1.94 bits per heavy atom. The predicted octanol–water partition coefficient (Wildman–Crippen LogP) is 4.20. The smallest absolute Gasteiger partial charge is 0.295 e. The van der Waals surface area contributed by atoms with Crippen LogP contribution >= 0.6 is 0 Å². The lowest BCUT2D eigenvalue weighted by molar-refractivity contribution is -0.140. The summed E-state index contributed by atoms with van der Waals surface area (Å²) < 4.78 is 7.69. The molecule has 1 amide bonds. The summed E-state index contributed by atoms with van der Waals surface area (Å²) >= 11 is 0. The lowest BCUT2D eigenvalue weighted by atomic mass is 9.96. The molecule has 8 nitrogen and oxygen atoms in total. The van der Waals surface area contributed by atoms with Gasteiger partial charge >= 0.3 is 0 Å². The van der Waals surface area contributed by atoms with E-state index in [1.807, 2.05) is 61.5 Å². The molecule has 0 bridgehead atoms. The van der Waals surface area contributed by atoms with Crippen LogP contribution in [-0.2, 0) is 9.59 Å². The Labute approximate surface area is 211 Å². The number of aliphatic hydroxyl groups excluding tert-OH is 1. The Morgan fingerprint density at radius 3 is 2.69 bits per heavy atom. The molecule has 1 N–H and O–H groups in total. The van der Waals surface area contributed by atoms with Gasteiger partial charge in [-0.1, -0.05) is 38.0 Å². The van der Waals surface area contributed by atoms with Crippen molar-refractivity contribution in [3.05, 3.63) is 71.2 Å². The Balaban J connectivity index is 1.82. The molecule has 0 aliphatic carbocycles. The largest absolute Gasteiger partial charge is 0.505 e. The third kappa shape index (κ3) is 4.99. The molecule has 4 rings (SSSR count). The molecule has 1 aliphatic heterocycles. The van der Waals surface area contributed by atoms with Gasteiger partial charge in [0.2, 0.25) is 0 Å². The topological polar surface area (TPSA) is 87.4 Å². The predicted molar refractivity (Wildman–Crippen MR) is 139 cm³/mol. The molecule has 2 aromatic heterocycles. The molecule has 8 heteroatoms. The van der Waals surface area contributed by atoms with Crippen LogP contribution in [0.2, 0.25) is 0 Å². The number of ketones is 1. The molecule has 3 aromatic rings. The Bertz CT molecular complexity index is 1290. The number of aromatic nitrogens is 2. The van der Waals surface area contributed by atoms with Crippen molar-refractivity contribution in [2.45, 2.75) is 39.2 Å². The number of likely N-dealkylation sites (tertiary alicyclic amines) is 1. The highest BCUT2D eigenvalue weighted by molar-refractivity contribution is 6.46. The third-order valence-corrected chi connectivity index (χ3v) is 6.45. The van der Waals surface area contributed by atoms with Gasteiger partial charge in [-0.25, -0.2) is 4.98 Å². The van der Waals surface area contributed by atoms with Crippen molar-refractivity contribution < 1.29 is 19.4 Å². The van der Waals surface area contributed by atoms with E-state index in [1.54, 1.807) is 22.4 Å². The lowest BCUT2D eigenvalue weighted by Gasteiger charge is -2.27. The number of ether oxygens (including phenoxy) is 1. The maximum Gasteiger partial charge on any atom is 0.295 e. The monoisotopic (exact) mass is 490 g/mol. The number of aryl methyl sites for hydroxylation is 1. The second-order valence-electron chi connectivity index (χ2n) is 9.40. The van der Waals surface area contributed by atoms with Gasteiger partial charge in [-0.05, 0) is 57.3 Å². The highest BCUT2D eigenvalue weighted by Crippen LogP contribution is 2.40. The highest BCUT2D eigenvalue weighted by Gasteiger charge is 2.46. The van der Waals surface area contributed by atoms with Crippen molar-refractivity contribution in [2.24, 2.45) is 0 Å². The van der Waals surface area contributed by atoms with Crippen LogP contribution in [0.25, 0.3) is 11.4 Å². The van der Waals surface area contributed by atoms with E-state index in [-0.39, 0.29) is 11.3 Å². The quantitative estimate of drug-likeness (QED) is 0.198. The maximum absolute atomic E-state index is 13.4. The first-order chi connectivity index (χ1) is 17.3. The number of carbonyl (C=O) groups is 2. The van der Waals surface area contributed by atoms with Crippen LogP contribution in [0.15, 0.2) is 54.2 Å². The van der Waals surface area contributed by atoms with Crippen molar-refractivity contribution in [1.82, 2.24) is 19.2 Å². The number of Topliss-reactive ketones (excluding diaryl/α,β-unsaturated/α-hetero) is 1. The minimum Gasteiger partial charge on any atom is -0.505 e. The van der Waals surface area contributed by atoms with Crippen molar-refractivity contribution in [1.29, 1.82) is 0 Å². The summed E-state index contributed by atoms with van der Waals surface area (Å²) in [5, 5.41) is 11.6. The minimum atomic E-state index is -0.738. The van der Waals surface area contributed by atoms with Crippen molar-refractivity contribution >= 4 is 23.1 Å². The summed E-state index contributed by atoms with van der Waals surface area (Å²) in [4.78, 5) is 34.6. The van der Waals surface area contributed by atoms with E-state index in [0.29, 0.717) is 48.0 Å². The van der Waals surface area contributed by atoms with Crippen LogP contribution in [0.3, 0.4) is 0 Å². The van der Waals surface area contributed by atoms with Crippen molar-refractivity contribution in [2.75, 3.05) is 33.8 Å². The zero-order valence-electron chi connectivity index (χ0n) is 21.4. The second-order valence-corrected chi connectivity index (χ2v) is 9.40. The van der Waals surface area contributed by atoms with Gasteiger partial charge in [0.15, 0.2) is 5.76 Å². The van der Waals surface area contributed by atoms with E-state index in [9.17, 15) is 14.7 Å². The zero-order valence-corrected chi connectivity index (χ0v) is 21.4. The van der Waals surface area contributed by atoms with Crippen LogP contribution in [0.1, 0.15) is 49.2 Å². The van der Waals surface area contributed by atoms with Gasteiger partial charge in [0.25, 0.3) is 11.7 Å². The molecule has 1 aromatic carbocycles. The standard InChI is InChI=1S/C28H34N4O4/c1-5-6-9-17-36-21-12-10-11-20(18-21)25-23(27(34)28(35)32(25)16-15-30(3)4)26(33)24-19(2)29-22-13-7-8-14-31(22)24/h7-8,10-14,18,25,33H,5-6,9,15-17H2,1-4H3. The summed E-state index contributed by atoms with van der Waals surface area (Å²) in [7, 11) is 3.83. The van der Waals surface area contributed by atoms with Gasteiger partial charge < -0.3 is 19.6 Å². The number of fused-ring (bicyclic) bond motifs is 1. The fourth-order valence-electron chi connectivity index (χ4n) is 4.61. The number of pyridine rings is 1. The normalized spacial score (nSPS) is 17.5. The van der Waals surface area contributed by atoms with Gasteiger partial charge in [-0.2, -0.15) is 0 Å². The minimum absolute atomic E-state index is 0.0654. The molecule has 190 valence electrons. The molecule has 0 radical (unpaired) electrons. The van der Waals surface area contributed by atoms with Gasteiger partial charge in [0, 0.05) is 19.3 Å². The first-order valence-electron chi connectivity index (χ1n) is 12.4. The van der Waals surface area contributed by atoms with Crippen LogP contribution in [0, 0.1) is 6.92 Å². The summed E-state index contributed by atoms with van der Waals surface area (Å²) in [6.45, 7) is 5.43. The number of aliphatic hydroxyl groups is 1. The Morgan fingerprint density at radius 1 is 1.14 bits per heavy atom. The molecule has 1 aliphatic rings. The number of nitrogens with zero attached hydrogens (tertiary/aromatic N) is 4. The number of hydrogen-bond acceptors (Lipinski definition) is 6. The average molecular weight is 491 g/mol. The number of amides is 1. The number of likely N-dealkylation sites (N-methyl/N-ethyl adjacent to an activating group) is 1. The fraction of sp³-hybridized carbons (Fsp3) is 0.393. The molecular formula is C28H34N4O4. The van der Waals surface area contributed by atoms with Crippen LogP contribution in [0.4, 0.5) is 0 Å². The van der Waals surface area contributed by atoms with Crippen molar-refractivity contribution in [3.63, 3.8) is 0 Å². The number of hydrogen-bond donors (Lipinski definition) is 1. The van der Waals surface area contributed by atoms with E-state index < -0.39 is 17.7 Å². The van der Waals surface area contributed by atoms with Crippen LogP contribution in [-0.4, -0.2) is 69.8 Å². The summed E-state index contributed by atoms with van der Waals surface area (Å²) in [5.41, 5.74) is 2.42. The number of benzene rings is 1. The highest BCUT2D eigenvalue weighted by atomic mass is 16.5. The zero-order chi connectivity index (χ0) is 25.8. The van der Waals surface area contributed by atoms with Gasteiger partial charge in [-0.15, -0.1) is 0 Å². The molecule has 1 saturated heterocycles. The number of rotatable bonds is 10.